The first kappa shape index (κ1) is 27.5. The highest BCUT2D eigenvalue weighted by Crippen LogP contribution is 2.30. The molecule has 216 valence electrons. The SMILES string of the molecule is COc1cc2ccc1OCC(=O)NCc1ccc(cc1)O[C@H]1CN(Cc3nc4c(s3)CCCC4)C[C@@H]1NC(=O)CC2. The molecule has 2 aromatic carbocycles. The largest absolute Gasteiger partial charge is 0.493 e. The lowest BCUT2D eigenvalue weighted by Crippen LogP contribution is -2.45. The molecule has 1 aliphatic carbocycles. The minimum atomic E-state index is -0.225. The standard InChI is InChI=1S/C31H36N4O5S/c1-38-26-14-20-8-12-25(26)39-19-30(37)32-15-21-6-10-22(11-7-21)40-27-17-35(16-24(27)33-29(36)13-9-20)18-31-34-23-4-2-3-5-28(23)41-31/h6-8,10-12,14,24,27H,2-5,9,13,15-19H2,1H3,(H,32,37)(H,33,36)/t24-,27-/m0/s1. The van der Waals surface area contributed by atoms with Crippen molar-refractivity contribution in [2.75, 3.05) is 26.8 Å². The molecule has 0 spiro atoms. The van der Waals surface area contributed by atoms with Gasteiger partial charge in [0.25, 0.3) is 5.91 Å². The maximum atomic E-state index is 13.1. The predicted molar refractivity (Wildman–Crippen MR) is 155 cm³/mol. The number of aromatic nitrogens is 1. The van der Waals surface area contributed by atoms with Crippen LogP contribution in [0.5, 0.6) is 17.2 Å². The van der Waals surface area contributed by atoms with Crippen molar-refractivity contribution in [3.63, 3.8) is 0 Å². The zero-order valence-electron chi connectivity index (χ0n) is 23.3. The summed E-state index contributed by atoms with van der Waals surface area (Å²) < 4.78 is 17.6. The zero-order valence-corrected chi connectivity index (χ0v) is 24.1. The van der Waals surface area contributed by atoms with Gasteiger partial charge in [-0.2, -0.15) is 0 Å². The molecule has 1 saturated heterocycles. The summed E-state index contributed by atoms with van der Waals surface area (Å²) in [6.07, 6.45) is 5.38. The zero-order chi connectivity index (χ0) is 28.2. The highest BCUT2D eigenvalue weighted by Gasteiger charge is 2.36. The summed E-state index contributed by atoms with van der Waals surface area (Å²) in [5.41, 5.74) is 3.18. The third kappa shape index (κ3) is 6.82. The van der Waals surface area contributed by atoms with Crippen LogP contribution in [-0.2, 0) is 41.9 Å². The van der Waals surface area contributed by atoms with Crippen LogP contribution >= 0.6 is 11.3 Å². The third-order valence-electron chi connectivity index (χ3n) is 7.87. The molecular formula is C31H36N4O5S. The van der Waals surface area contributed by atoms with E-state index in [2.05, 4.69) is 15.5 Å². The van der Waals surface area contributed by atoms with Crippen molar-refractivity contribution in [2.45, 2.75) is 63.8 Å². The monoisotopic (exact) mass is 576 g/mol. The van der Waals surface area contributed by atoms with Crippen LogP contribution in [0.15, 0.2) is 42.5 Å². The molecule has 2 amide bonds. The van der Waals surface area contributed by atoms with Crippen molar-refractivity contribution in [3.8, 4) is 17.2 Å². The molecule has 2 atom stereocenters. The summed E-state index contributed by atoms with van der Waals surface area (Å²) in [5.74, 6) is 1.51. The first-order chi connectivity index (χ1) is 20.0. The number of methoxy groups -OCH3 is 1. The molecule has 41 heavy (non-hydrogen) atoms. The Kier molecular flexibility index (Phi) is 8.38. The van der Waals surface area contributed by atoms with Gasteiger partial charge in [-0.15, -0.1) is 11.3 Å². The molecule has 1 aromatic heterocycles. The van der Waals surface area contributed by atoms with Crippen molar-refractivity contribution in [1.82, 2.24) is 20.5 Å². The van der Waals surface area contributed by atoms with Gasteiger partial charge in [-0.05, 0) is 67.5 Å². The van der Waals surface area contributed by atoms with E-state index in [0.717, 1.165) is 41.3 Å². The predicted octanol–water partition coefficient (Wildman–Crippen LogP) is 3.42. The summed E-state index contributed by atoms with van der Waals surface area (Å²) in [7, 11) is 1.56. The van der Waals surface area contributed by atoms with E-state index in [9.17, 15) is 9.59 Å². The molecule has 5 aliphatic heterocycles. The Morgan fingerprint density at radius 2 is 1.83 bits per heavy atom. The Balaban J connectivity index is 1.20. The average Bonchev–Trinajstić information content (AvgIpc) is 3.56. The smallest absolute Gasteiger partial charge is 0.258 e. The fraction of sp³-hybridized carbons (Fsp3) is 0.452. The molecule has 0 unspecified atom stereocenters. The molecule has 9 rings (SSSR count). The Morgan fingerprint density at radius 1 is 1.00 bits per heavy atom. The number of benzene rings is 2. The van der Waals surface area contributed by atoms with Crippen LogP contribution in [-0.4, -0.2) is 60.7 Å². The number of carbonyl (C=O) groups is 2. The molecule has 9 nitrogen and oxygen atoms in total. The van der Waals surface area contributed by atoms with E-state index in [4.69, 9.17) is 19.2 Å². The molecule has 3 aromatic rings. The Bertz CT molecular complexity index is 1370. The topological polar surface area (TPSA) is 102 Å². The van der Waals surface area contributed by atoms with Gasteiger partial charge in [-0.25, -0.2) is 4.98 Å². The number of hydrogen-bond donors (Lipinski definition) is 2. The van der Waals surface area contributed by atoms with E-state index in [1.165, 1.54) is 23.4 Å². The number of hydrogen-bond acceptors (Lipinski definition) is 8. The third-order valence-corrected chi connectivity index (χ3v) is 9.01. The fourth-order valence-electron chi connectivity index (χ4n) is 5.68. The van der Waals surface area contributed by atoms with Crippen LogP contribution in [0.2, 0.25) is 0 Å². The van der Waals surface area contributed by atoms with Gasteiger partial charge in [-0.3, -0.25) is 14.5 Å². The van der Waals surface area contributed by atoms with Gasteiger partial charge >= 0.3 is 0 Å². The number of likely N-dealkylation sites (tertiary alicyclic amines) is 1. The lowest BCUT2D eigenvalue weighted by atomic mass is 10.0. The maximum absolute atomic E-state index is 13.1. The number of nitrogens with one attached hydrogen (secondary N) is 2. The highest BCUT2D eigenvalue weighted by molar-refractivity contribution is 7.11. The number of thiazole rings is 1. The molecule has 4 bridgehead atoms. The van der Waals surface area contributed by atoms with Gasteiger partial charge in [0, 0.05) is 30.9 Å². The number of amides is 2. The maximum Gasteiger partial charge on any atom is 0.258 e. The van der Waals surface area contributed by atoms with Crippen LogP contribution in [0.3, 0.4) is 0 Å². The summed E-state index contributed by atoms with van der Waals surface area (Å²) in [6, 6.07) is 13.1. The van der Waals surface area contributed by atoms with E-state index in [-0.39, 0.29) is 30.6 Å². The second-order valence-electron chi connectivity index (χ2n) is 10.9. The summed E-state index contributed by atoms with van der Waals surface area (Å²) in [4.78, 5) is 34.2. The van der Waals surface area contributed by atoms with E-state index >= 15 is 0 Å². The van der Waals surface area contributed by atoms with Crippen LogP contribution < -0.4 is 24.8 Å². The van der Waals surface area contributed by atoms with Gasteiger partial charge in [0.2, 0.25) is 5.91 Å². The van der Waals surface area contributed by atoms with Crippen LogP contribution in [0.4, 0.5) is 0 Å². The number of rotatable bonds is 3. The molecule has 1 fully saturated rings. The van der Waals surface area contributed by atoms with Crippen molar-refractivity contribution in [2.24, 2.45) is 0 Å². The quantitative estimate of drug-likeness (QED) is 0.493. The van der Waals surface area contributed by atoms with E-state index < -0.39 is 0 Å². The minimum absolute atomic E-state index is 0.0177. The first-order valence-corrected chi connectivity index (χ1v) is 15.2. The van der Waals surface area contributed by atoms with E-state index in [1.807, 2.05) is 47.7 Å². The van der Waals surface area contributed by atoms with Crippen molar-refractivity contribution >= 4 is 23.2 Å². The van der Waals surface area contributed by atoms with Gasteiger partial charge < -0.3 is 24.8 Å². The van der Waals surface area contributed by atoms with Crippen LogP contribution in [0, 0.1) is 0 Å². The van der Waals surface area contributed by atoms with E-state index in [1.54, 1.807) is 13.2 Å². The van der Waals surface area contributed by atoms with Crippen molar-refractivity contribution < 1.29 is 23.8 Å². The van der Waals surface area contributed by atoms with Crippen molar-refractivity contribution in [3.05, 3.63) is 69.2 Å². The normalized spacial score (nSPS) is 21.7. The average molecular weight is 577 g/mol. The number of aryl methyl sites for hydroxylation is 3. The second-order valence-corrected chi connectivity index (χ2v) is 12.1. The number of ether oxygens (including phenoxy) is 3. The van der Waals surface area contributed by atoms with Gasteiger partial charge in [0.05, 0.1) is 25.4 Å². The second kappa shape index (κ2) is 12.5. The van der Waals surface area contributed by atoms with Crippen LogP contribution in [0.25, 0.3) is 0 Å². The van der Waals surface area contributed by atoms with E-state index in [0.29, 0.717) is 44.0 Å². The van der Waals surface area contributed by atoms with Gasteiger partial charge in [0.15, 0.2) is 18.1 Å². The summed E-state index contributed by atoms with van der Waals surface area (Å²) in [6.45, 7) is 2.42. The summed E-state index contributed by atoms with van der Waals surface area (Å²) in [5, 5.41) is 7.30. The molecule has 6 heterocycles. The van der Waals surface area contributed by atoms with Crippen molar-refractivity contribution in [1.29, 1.82) is 0 Å². The summed E-state index contributed by atoms with van der Waals surface area (Å²) >= 11 is 1.83. The number of carbonyl (C=O) groups excluding carboxylic acids is 2. The Morgan fingerprint density at radius 3 is 2.66 bits per heavy atom. The fourth-order valence-corrected chi connectivity index (χ4v) is 6.88. The first-order valence-electron chi connectivity index (χ1n) is 14.3. The molecule has 0 saturated carbocycles. The molecular weight excluding hydrogens is 540 g/mol. The molecule has 2 N–H and O–H groups in total. The number of fused-ring (bicyclic) bond motifs is 1. The highest BCUT2D eigenvalue weighted by atomic mass is 32.1. The number of nitrogens with zero attached hydrogens (tertiary/aromatic N) is 2. The lowest BCUT2D eigenvalue weighted by molar-refractivity contribution is -0.123. The lowest BCUT2D eigenvalue weighted by Gasteiger charge is -2.22. The van der Waals surface area contributed by atoms with Gasteiger partial charge in [0.1, 0.15) is 16.9 Å². The minimum Gasteiger partial charge on any atom is -0.493 e. The molecule has 6 aliphatic rings. The molecule has 0 radical (unpaired) electrons. The molecule has 10 heteroatoms. The van der Waals surface area contributed by atoms with Crippen LogP contribution in [0.1, 0.15) is 46.0 Å². The Labute approximate surface area is 244 Å². The van der Waals surface area contributed by atoms with Gasteiger partial charge in [-0.1, -0.05) is 18.2 Å². The Hall–Kier alpha value is -3.63.